The molecule has 0 saturated carbocycles. The van der Waals surface area contributed by atoms with E-state index in [9.17, 15) is 0 Å². The molecular weight excluding hydrogens is 322 g/mol. The maximum Gasteiger partial charge on any atom is 0.151 e. The van der Waals surface area contributed by atoms with Crippen molar-refractivity contribution in [2.24, 2.45) is 0 Å². The highest BCUT2D eigenvalue weighted by atomic mass is 16.5. The minimum absolute atomic E-state index is 0.820. The summed E-state index contributed by atoms with van der Waals surface area (Å²) in [5.41, 5.74) is 6.14. The predicted molar refractivity (Wildman–Crippen MR) is 105 cm³/mol. The Morgan fingerprint density at radius 3 is 2.46 bits per heavy atom. The van der Waals surface area contributed by atoms with Crippen LogP contribution >= 0.6 is 0 Å². The first-order valence-corrected chi connectivity index (χ1v) is 9.25. The van der Waals surface area contributed by atoms with Gasteiger partial charge in [-0.1, -0.05) is 47.6 Å². The second kappa shape index (κ2) is 7.34. The minimum atomic E-state index is 0.820. The smallest absolute Gasteiger partial charge is 0.151 e. The van der Waals surface area contributed by atoms with Gasteiger partial charge in [-0.25, -0.2) is 0 Å². The number of rotatable bonds is 4. The average Bonchev–Trinajstić information content (AvgIpc) is 3.14. The van der Waals surface area contributed by atoms with E-state index in [1.54, 1.807) is 0 Å². The molecule has 0 N–H and O–H groups in total. The molecule has 1 aliphatic rings. The molecule has 26 heavy (non-hydrogen) atoms. The Hall–Kier alpha value is -2.59. The summed E-state index contributed by atoms with van der Waals surface area (Å²) in [6, 6.07) is 18.8. The predicted octanol–water partition coefficient (Wildman–Crippen LogP) is 4.28. The van der Waals surface area contributed by atoms with Gasteiger partial charge in [0.05, 0.1) is 6.54 Å². The third-order valence-electron chi connectivity index (χ3n) is 5.30. The molecule has 4 rings (SSSR count). The third-order valence-corrected chi connectivity index (χ3v) is 5.30. The molecule has 1 aliphatic heterocycles. The average molecular weight is 347 g/mol. The van der Waals surface area contributed by atoms with Crippen molar-refractivity contribution in [1.29, 1.82) is 0 Å². The van der Waals surface area contributed by atoms with E-state index in [-0.39, 0.29) is 0 Å². The molecule has 0 aliphatic carbocycles. The summed E-state index contributed by atoms with van der Waals surface area (Å²) in [5.74, 6) is 0.934. The van der Waals surface area contributed by atoms with Gasteiger partial charge in [0.25, 0.3) is 0 Å². The minimum Gasteiger partial charge on any atom is -0.369 e. The highest BCUT2D eigenvalue weighted by Gasteiger charge is 2.20. The van der Waals surface area contributed by atoms with Crippen LogP contribution in [0.2, 0.25) is 0 Å². The van der Waals surface area contributed by atoms with Gasteiger partial charge in [-0.2, -0.15) is 0 Å². The van der Waals surface area contributed by atoms with Gasteiger partial charge in [0, 0.05) is 43.5 Å². The first-order chi connectivity index (χ1) is 12.7. The van der Waals surface area contributed by atoms with Crippen LogP contribution in [0, 0.1) is 13.8 Å². The monoisotopic (exact) mass is 347 g/mol. The van der Waals surface area contributed by atoms with Crippen LogP contribution in [-0.2, 0) is 6.54 Å². The van der Waals surface area contributed by atoms with E-state index in [4.69, 9.17) is 4.52 Å². The molecule has 0 amide bonds. The van der Waals surface area contributed by atoms with Crippen molar-refractivity contribution in [2.75, 3.05) is 31.1 Å². The second-order valence-electron chi connectivity index (χ2n) is 7.03. The number of aromatic nitrogens is 1. The van der Waals surface area contributed by atoms with Gasteiger partial charge in [-0.05, 0) is 31.0 Å². The summed E-state index contributed by atoms with van der Waals surface area (Å²) in [5, 5.41) is 4.22. The lowest BCUT2D eigenvalue weighted by molar-refractivity contribution is 0.220. The standard InChI is InChI=1S/C22H25N3O/c1-17-7-6-10-22(18(17)2)25-13-11-24(12-14-25)16-20-15-21(23-26-20)19-8-4-3-5-9-19/h3-10,15H,11-14,16H2,1-2H3. The van der Waals surface area contributed by atoms with Gasteiger partial charge in [0.15, 0.2) is 5.76 Å². The van der Waals surface area contributed by atoms with E-state index in [1.807, 2.05) is 18.2 Å². The number of nitrogens with zero attached hydrogens (tertiary/aromatic N) is 3. The van der Waals surface area contributed by atoms with Crippen LogP contribution in [0.3, 0.4) is 0 Å². The van der Waals surface area contributed by atoms with Gasteiger partial charge in [-0.15, -0.1) is 0 Å². The maximum absolute atomic E-state index is 5.56. The van der Waals surface area contributed by atoms with Crippen molar-refractivity contribution in [2.45, 2.75) is 20.4 Å². The molecule has 0 bridgehead atoms. The molecule has 0 atom stereocenters. The van der Waals surface area contributed by atoms with Crippen LogP contribution in [-0.4, -0.2) is 36.2 Å². The Kier molecular flexibility index (Phi) is 4.76. The fraction of sp³-hybridized carbons (Fsp3) is 0.318. The Morgan fingerprint density at radius 2 is 1.69 bits per heavy atom. The van der Waals surface area contributed by atoms with E-state index in [2.05, 4.69) is 65.2 Å². The lowest BCUT2D eigenvalue weighted by atomic mass is 10.1. The first-order valence-electron chi connectivity index (χ1n) is 9.25. The molecule has 4 nitrogen and oxygen atoms in total. The molecule has 0 radical (unpaired) electrons. The molecule has 1 aromatic heterocycles. The van der Waals surface area contributed by atoms with E-state index >= 15 is 0 Å². The summed E-state index contributed by atoms with van der Waals surface area (Å²) < 4.78 is 5.56. The number of anilines is 1. The Labute approximate surface area is 155 Å². The van der Waals surface area contributed by atoms with Crippen LogP contribution in [0.15, 0.2) is 59.1 Å². The number of hydrogen-bond acceptors (Lipinski definition) is 4. The molecule has 2 heterocycles. The lowest BCUT2D eigenvalue weighted by Crippen LogP contribution is -2.46. The summed E-state index contributed by atoms with van der Waals surface area (Å²) in [4.78, 5) is 4.94. The zero-order valence-corrected chi connectivity index (χ0v) is 15.5. The van der Waals surface area contributed by atoms with Crippen molar-refractivity contribution in [3.05, 3.63) is 71.5 Å². The molecule has 0 spiro atoms. The SMILES string of the molecule is Cc1cccc(N2CCN(Cc3cc(-c4ccccc4)no3)CC2)c1C. The highest BCUT2D eigenvalue weighted by Crippen LogP contribution is 2.25. The van der Waals surface area contributed by atoms with Gasteiger partial charge in [0.2, 0.25) is 0 Å². The van der Waals surface area contributed by atoms with Crippen LogP contribution in [0.4, 0.5) is 5.69 Å². The van der Waals surface area contributed by atoms with Crippen molar-refractivity contribution >= 4 is 5.69 Å². The van der Waals surface area contributed by atoms with Crippen molar-refractivity contribution in [3.8, 4) is 11.3 Å². The van der Waals surface area contributed by atoms with Crippen molar-refractivity contribution in [1.82, 2.24) is 10.1 Å². The normalized spacial score (nSPS) is 15.4. The number of benzene rings is 2. The molecular formula is C22H25N3O. The fourth-order valence-electron chi connectivity index (χ4n) is 3.58. The van der Waals surface area contributed by atoms with Crippen LogP contribution < -0.4 is 4.90 Å². The van der Waals surface area contributed by atoms with Gasteiger partial charge < -0.3 is 9.42 Å². The summed E-state index contributed by atoms with van der Waals surface area (Å²) in [7, 11) is 0. The molecule has 3 aromatic rings. The van der Waals surface area contributed by atoms with Crippen LogP contribution in [0.25, 0.3) is 11.3 Å². The largest absolute Gasteiger partial charge is 0.369 e. The summed E-state index contributed by atoms with van der Waals surface area (Å²) in [6.07, 6.45) is 0. The van der Waals surface area contributed by atoms with E-state index < -0.39 is 0 Å². The molecule has 134 valence electrons. The van der Waals surface area contributed by atoms with Crippen LogP contribution in [0.5, 0.6) is 0 Å². The Morgan fingerprint density at radius 1 is 0.923 bits per heavy atom. The molecule has 2 aromatic carbocycles. The Bertz CT molecular complexity index is 864. The van der Waals surface area contributed by atoms with Gasteiger partial charge >= 0.3 is 0 Å². The highest BCUT2D eigenvalue weighted by molar-refractivity contribution is 5.58. The zero-order valence-electron chi connectivity index (χ0n) is 15.5. The molecule has 1 fully saturated rings. The second-order valence-corrected chi connectivity index (χ2v) is 7.03. The quantitative estimate of drug-likeness (QED) is 0.705. The van der Waals surface area contributed by atoms with E-state index in [0.29, 0.717) is 0 Å². The first kappa shape index (κ1) is 16.9. The number of hydrogen-bond donors (Lipinski definition) is 0. The van der Waals surface area contributed by atoms with Gasteiger partial charge in [-0.3, -0.25) is 4.90 Å². The fourth-order valence-corrected chi connectivity index (χ4v) is 3.58. The zero-order chi connectivity index (χ0) is 17.9. The van der Waals surface area contributed by atoms with Crippen molar-refractivity contribution < 1.29 is 4.52 Å². The maximum atomic E-state index is 5.56. The molecule has 1 saturated heterocycles. The Balaban J connectivity index is 1.37. The van der Waals surface area contributed by atoms with Gasteiger partial charge in [0.1, 0.15) is 5.69 Å². The lowest BCUT2D eigenvalue weighted by Gasteiger charge is -2.36. The summed E-state index contributed by atoms with van der Waals surface area (Å²) in [6.45, 7) is 9.39. The van der Waals surface area contributed by atoms with E-state index in [1.165, 1.54) is 16.8 Å². The third kappa shape index (κ3) is 3.51. The van der Waals surface area contributed by atoms with E-state index in [0.717, 1.165) is 49.7 Å². The molecule has 4 heteroatoms. The topological polar surface area (TPSA) is 32.5 Å². The van der Waals surface area contributed by atoms with Crippen LogP contribution in [0.1, 0.15) is 16.9 Å². The number of piperazine rings is 1. The summed E-state index contributed by atoms with van der Waals surface area (Å²) >= 11 is 0. The number of aryl methyl sites for hydroxylation is 1. The van der Waals surface area contributed by atoms with Crippen molar-refractivity contribution in [3.63, 3.8) is 0 Å². The molecule has 0 unspecified atom stereocenters.